The Hall–Kier alpha value is -2.71. The molecule has 2 saturated heterocycles. The van der Waals surface area contributed by atoms with Gasteiger partial charge in [-0.2, -0.15) is 0 Å². The van der Waals surface area contributed by atoms with Gasteiger partial charge < -0.3 is 19.9 Å². The highest BCUT2D eigenvalue weighted by molar-refractivity contribution is 6.30. The van der Waals surface area contributed by atoms with Crippen molar-refractivity contribution in [2.45, 2.75) is 19.9 Å². The van der Waals surface area contributed by atoms with Gasteiger partial charge in [-0.1, -0.05) is 11.6 Å². The number of ether oxygens (including phenoxy) is 1. The molecule has 1 aromatic carbocycles. The summed E-state index contributed by atoms with van der Waals surface area (Å²) in [6.45, 7) is 5.41. The smallest absolute Gasteiger partial charge is 0.227 e. The van der Waals surface area contributed by atoms with Crippen molar-refractivity contribution >= 4 is 34.9 Å². The molecule has 9 heteroatoms. The number of nitrogens with one attached hydrogen (secondary N) is 1. The van der Waals surface area contributed by atoms with Gasteiger partial charge in [0.15, 0.2) is 0 Å². The molecule has 1 N–H and O–H groups in total. The van der Waals surface area contributed by atoms with E-state index in [1.54, 1.807) is 29.2 Å². The quantitative estimate of drug-likeness (QED) is 0.781. The normalized spacial score (nSPS) is 19.3. The molecule has 2 aromatic rings. The van der Waals surface area contributed by atoms with Gasteiger partial charge in [0.25, 0.3) is 0 Å². The maximum absolute atomic E-state index is 12.7. The summed E-state index contributed by atoms with van der Waals surface area (Å²) in [5, 5.41) is 3.50. The molecule has 1 aromatic heterocycles. The second-order valence-corrected chi connectivity index (χ2v) is 7.92. The van der Waals surface area contributed by atoms with Crippen LogP contribution >= 0.6 is 11.6 Å². The monoisotopic (exact) mass is 429 g/mol. The van der Waals surface area contributed by atoms with E-state index in [0.717, 1.165) is 30.3 Å². The minimum absolute atomic E-state index is 0.0705. The van der Waals surface area contributed by atoms with Crippen molar-refractivity contribution in [2.75, 3.05) is 42.6 Å². The molecule has 2 aliphatic heterocycles. The number of carbonyl (C=O) groups excluding carboxylic acids is 2. The summed E-state index contributed by atoms with van der Waals surface area (Å²) in [4.78, 5) is 37.9. The topological polar surface area (TPSA) is 87.7 Å². The fourth-order valence-corrected chi connectivity index (χ4v) is 3.84. The van der Waals surface area contributed by atoms with Gasteiger partial charge in [-0.15, -0.1) is 0 Å². The van der Waals surface area contributed by atoms with Gasteiger partial charge in [0.05, 0.1) is 25.7 Å². The molecule has 1 atom stereocenters. The molecular formula is C21H24ClN5O3. The van der Waals surface area contributed by atoms with Gasteiger partial charge in [-0.3, -0.25) is 9.59 Å². The van der Waals surface area contributed by atoms with Crippen LogP contribution in [0.15, 0.2) is 30.3 Å². The first-order valence-corrected chi connectivity index (χ1v) is 10.4. The lowest BCUT2D eigenvalue weighted by Gasteiger charge is -2.28. The maximum atomic E-state index is 12.7. The molecule has 0 spiro atoms. The molecule has 2 aliphatic rings. The van der Waals surface area contributed by atoms with Crippen LogP contribution in [-0.2, 0) is 20.9 Å². The standard InChI is InChI=1S/C21H24ClN5O3/c1-14-10-19(26-6-8-30-9-7-26)25-18(24-14)12-23-21(29)15-11-20(28)27(13-15)17-4-2-16(22)3-5-17/h2-5,10,15H,6-9,11-13H2,1H3,(H,23,29). The predicted octanol–water partition coefficient (Wildman–Crippen LogP) is 1.94. The van der Waals surface area contributed by atoms with Crippen LogP contribution in [-0.4, -0.2) is 54.6 Å². The highest BCUT2D eigenvalue weighted by Gasteiger charge is 2.35. The summed E-state index contributed by atoms with van der Waals surface area (Å²) in [7, 11) is 0. The second kappa shape index (κ2) is 8.97. The van der Waals surface area contributed by atoms with Crippen LogP contribution in [0.5, 0.6) is 0 Å². The fraction of sp³-hybridized carbons (Fsp3) is 0.429. The Morgan fingerprint density at radius 1 is 1.23 bits per heavy atom. The van der Waals surface area contributed by atoms with Crippen LogP contribution in [0, 0.1) is 12.8 Å². The summed E-state index contributed by atoms with van der Waals surface area (Å²) in [5.41, 5.74) is 1.59. The molecule has 1 unspecified atom stereocenters. The van der Waals surface area contributed by atoms with E-state index in [2.05, 4.69) is 20.2 Å². The molecule has 158 valence electrons. The van der Waals surface area contributed by atoms with Crippen molar-refractivity contribution in [3.8, 4) is 0 Å². The summed E-state index contributed by atoms with van der Waals surface area (Å²) in [6.07, 6.45) is 0.183. The molecule has 0 radical (unpaired) electrons. The number of nitrogens with zero attached hydrogens (tertiary/aromatic N) is 4. The lowest BCUT2D eigenvalue weighted by atomic mass is 10.1. The Kier molecular flexibility index (Phi) is 6.15. The summed E-state index contributed by atoms with van der Waals surface area (Å²) < 4.78 is 5.39. The molecule has 30 heavy (non-hydrogen) atoms. The Labute approximate surface area is 180 Å². The zero-order chi connectivity index (χ0) is 21.1. The number of hydrogen-bond acceptors (Lipinski definition) is 6. The van der Waals surface area contributed by atoms with Crippen LogP contribution in [0.2, 0.25) is 5.02 Å². The Bertz CT molecular complexity index is 931. The van der Waals surface area contributed by atoms with Crippen LogP contribution in [0.3, 0.4) is 0 Å². The zero-order valence-corrected chi connectivity index (χ0v) is 17.6. The SMILES string of the molecule is Cc1cc(N2CCOCC2)nc(CNC(=O)C2CC(=O)N(c3ccc(Cl)cc3)C2)n1. The second-order valence-electron chi connectivity index (χ2n) is 7.48. The summed E-state index contributed by atoms with van der Waals surface area (Å²) >= 11 is 5.92. The first kappa shape index (κ1) is 20.6. The lowest BCUT2D eigenvalue weighted by Crippen LogP contribution is -2.37. The number of amides is 2. The predicted molar refractivity (Wildman–Crippen MR) is 114 cm³/mol. The summed E-state index contributed by atoms with van der Waals surface area (Å²) in [5.74, 6) is 0.761. The van der Waals surface area contributed by atoms with E-state index in [4.69, 9.17) is 16.3 Å². The van der Waals surface area contributed by atoms with Gasteiger partial charge in [-0.05, 0) is 31.2 Å². The number of rotatable bonds is 5. The van der Waals surface area contributed by atoms with Crippen molar-refractivity contribution in [1.82, 2.24) is 15.3 Å². The molecule has 2 amide bonds. The van der Waals surface area contributed by atoms with Gasteiger partial charge in [0.1, 0.15) is 11.6 Å². The highest BCUT2D eigenvalue weighted by atomic mass is 35.5. The molecular weight excluding hydrogens is 406 g/mol. The Morgan fingerprint density at radius 2 is 1.97 bits per heavy atom. The number of aromatic nitrogens is 2. The van der Waals surface area contributed by atoms with E-state index in [1.807, 2.05) is 13.0 Å². The van der Waals surface area contributed by atoms with E-state index in [9.17, 15) is 9.59 Å². The van der Waals surface area contributed by atoms with Crippen LogP contribution < -0.4 is 15.1 Å². The van der Waals surface area contributed by atoms with Crippen molar-refractivity contribution in [1.29, 1.82) is 0 Å². The van der Waals surface area contributed by atoms with Crippen molar-refractivity contribution in [2.24, 2.45) is 5.92 Å². The number of hydrogen-bond donors (Lipinski definition) is 1. The average Bonchev–Trinajstić information content (AvgIpc) is 3.14. The number of carbonyl (C=O) groups is 2. The van der Waals surface area contributed by atoms with Gasteiger partial charge in [0, 0.05) is 48.5 Å². The summed E-state index contributed by atoms with van der Waals surface area (Å²) in [6, 6.07) is 8.98. The maximum Gasteiger partial charge on any atom is 0.227 e. The minimum atomic E-state index is -0.406. The van der Waals surface area contributed by atoms with Crippen molar-refractivity contribution < 1.29 is 14.3 Å². The highest BCUT2D eigenvalue weighted by Crippen LogP contribution is 2.26. The van der Waals surface area contributed by atoms with E-state index in [0.29, 0.717) is 30.6 Å². The number of benzene rings is 1. The van der Waals surface area contributed by atoms with Gasteiger partial charge in [0.2, 0.25) is 11.8 Å². The lowest BCUT2D eigenvalue weighted by molar-refractivity contribution is -0.126. The fourth-order valence-electron chi connectivity index (χ4n) is 3.71. The zero-order valence-electron chi connectivity index (χ0n) is 16.8. The molecule has 8 nitrogen and oxygen atoms in total. The third-order valence-electron chi connectivity index (χ3n) is 5.28. The average molecular weight is 430 g/mol. The molecule has 0 bridgehead atoms. The van der Waals surface area contributed by atoms with Crippen molar-refractivity contribution in [3.05, 3.63) is 46.9 Å². The minimum Gasteiger partial charge on any atom is -0.378 e. The number of morpholine rings is 1. The van der Waals surface area contributed by atoms with Crippen LogP contribution in [0.4, 0.5) is 11.5 Å². The Morgan fingerprint density at radius 3 is 2.70 bits per heavy atom. The molecule has 2 fully saturated rings. The van der Waals surface area contributed by atoms with Crippen LogP contribution in [0.1, 0.15) is 17.9 Å². The van der Waals surface area contributed by atoms with Gasteiger partial charge >= 0.3 is 0 Å². The molecule has 4 rings (SSSR count). The molecule has 0 saturated carbocycles. The van der Waals surface area contributed by atoms with Crippen LogP contribution in [0.25, 0.3) is 0 Å². The van der Waals surface area contributed by atoms with E-state index < -0.39 is 5.92 Å². The van der Waals surface area contributed by atoms with E-state index >= 15 is 0 Å². The Balaban J connectivity index is 1.37. The van der Waals surface area contributed by atoms with E-state index in [-0.39, 0.29) is 24.8 Å². The molecule has 3 heterocycles. The number of anilines is 2. The van der Waals surface area contributed by atoms with Gasteiger partial charge in [-0.25, -0.2) is 9.97 Å². The first-order chi connectivity index (χ1) is 14.5. The first-order valence-electron chi connectivity index (χ1n) is 10.0. The third kappa shape index (κ3) is 4.71. The van der Waals surface area contributed by atoms with E-state index in [1.165, 1.54) is 0 Å². The van der Waals surface area contributed by atoms with Crippen molar-refractivity contribution in [3.63, 3.8) is 0 Å². The number of aryl methyl sites for hydroxylation is 1. The molecule has 0 aliphatic carbocycles. The number of halogens is 1. The third-order valence-corrected chi connectivity index (χ3v) is 5.53. The largest absolute Gasteiger partial charge is 0.378 e.